The number of ether oxygens (including phenoxy) is 1. The highest BCUT2D eigenvalue weighted by Crippen LogP contribution is 2.15. The lowest BCUT2D eigenvalue weighted by atomic mass is 10.1. The molecule has 0 aromatic heterocycles. The van der Waals surface area contributed by atoms with Crippen LogP contribution in [0.25, 0.3) is 0 Å². The van der Waals surface area contributed by atoms with Gasteiger partial charge in [-0.25, -0.2) is 0 Å². The van der Waals surface area contributed by atoms with Crippen molar-refractivity contribution in [1.29, 1.82) is 0 Å². The number of hydrogen-bond acceptors (Lipinski definition) is 4. The molecule has 0 bridgehead atoms. The van der Waals surface area contributed by atoms with Gasteiger partial charge < -0.3 is 15.8 Å². The van der Waals surface area contributed by atoms with Crippen molar-refractivity contribution in [3.63, 3.8) is 0 Å². The molecule has 0 spiro atoms. The van der Waals surface area contributed by atoms with Gasteiger partial charge in [-0.2, -0.15) is 0 Å². The number of para-hydroxylation sites is 1. The zero-order valence-corrected chi connectivity index (χ0v) is 12.7. The van der Waals surface area contributed by atoms with Crippen molar-refractivity contribution in [2.24, 2.45) is 5.73 Å². The lowest BCUT2D eigenvalue weighted by Crippen LogP contribution is -2.45. The highest BCUT2D eigenvalue weighted by Gasteiger charge is 2.22. The number of likely N-dealkylation sites (N-methyl/N-ethyl adjacent to an activating group) is 1. The summed E-state index contributed by atoms with van der Waals surface area (Å²) in [7, 11) is 3.58. The quantitative estimate of drug-likeness (QED) is 0.792. The van der Waals surface area contributed by atoms with Gasteiger partial charge in [0.1, 0.15) is 0 Å². The number of methoxy groups -OCH3 is 1. The van der Waals surface area contributed by atoms with E-state index in [-0.39, 0.29) is 18.0 Å². The average Bonchev–Trinajstić information content (AvgIpc) is 2.46. The van der Waals surface area contributed by atoms with Crippen LogP contribution in [0.1, 0.15) is 19.4 Å². The fourth-order valence-electron chi connectivity index (χ4n) is 1.98. The number of anilines is 1. The molecule has 5 heteroatoms. The summed E-state index contributed by atoms with van der Waals surface area (Å²) in [5, 5.41) is 2.94. The van der Waals surface area contributed by atoms with E-state index in [4.69, 9.17) is 10.5 Å². The molecule has 5 nitrogen and oxygen atoms in total. The van der Waals surface area contributed by atoms with Crippen LogP contribution in [-0.4, -0.2) is 43.7 Å². The van der Waals surface area contributed by atoms with Gasteiger partial charge in [-0.3, -0.25) is 9.69 Å². The van der Waals surface area contributed by atoms with Crippen molar-refractivity contribution in [1.82, 2.24) is 4.90 Å². The van der Waals surface area contributed by atoms with Gasteiger partial charge in [0, 0.05) is 25.4 Å². The first kappa shape index (κ1) is 16.6. The number of nitrogens with one attached hydrogen (secondary N) is 1. The van der Waals surface area contributed by atoms with Crippen molar-refractivity contribution in [3.05, 3.63) is 29.8 Å². The third-order valence-electron chi connectivity index (χ3n) is 3.59. The van der Waals surface area contributed by atoms with Gasteiger partial charge in [0.2, 0.25) is 5.91 Å². The molecule has 0 saturated carbocycles. The molecule has 1 aromatic rings. The van der Waals surface area contributed by atoms with E-state index in [1.165, 1.54) is 0 Å². The highest BCUT2D eigenvalue weighted by atomic mass is 16.5. The molecule has 0 aliphatic carbocycles. The second-order valence-corrected chi connectivity index (χ2v) is 5.00. The van der Waals surface area contributed by atoms with Gasteiger partial charge in [-0.15, -0.1) is 0 Å². The fraction of sp³-hybridized carbons (Fsp3) is 0.533. The van der Waals surface area contributed by atoms with Crippen LogP contribution in [0.4, 0.5) is 5.69 Å². The topological polar surface area (TPSA) is 67.6 Å². The monoisotopic (exact) mass is 279 g/mol. The van der Waals surface area contributed by atoms with Crippen molar-refractivity contribution in [2.75, 3.05) is 26.1 Å². The maximum Gasteiger partial charge on any atom is 0.241 e. The van der Waals surface area contributed by atoms with Crippen LogP contribution >= 0.6 is 0 Å². The molecular weight excluding hydrogens is 254 g/mol. The summed E-state index contributed by atoms with van der Waals surface area (Å²) in [4.78, 5) is 14.3. The molecule has 2 atom stereocenters. The number of hydrogen-bond donors (Lipinski definition) is 2. The molecule has 0 aliphatic heterocycles. The van der Waals surface area contributed by atoms with E-state index in [0.29, 0.717) is 13.2 Å². The van der Waals surface area contributed by atoms with E-state index >= 15 is 0 Å². The molecule has 0 fully saturated rings. The largest absolute Gasteiger partial charge is 0.383 e. The van der Waals surface area contributed by atoms with E-state index in [9.17, 15) is 4.79 Å². The molecule has 1 amide bonds. The molecule has 1 rings (SSSR count). The number of benzene rings is 1. The van der Waals surface area contributed by atoms with Crippen LogP contribution in [0.3, 0.4) is 0 Å². The molecule has 0 aliphatic rings. The van der Waals surface area contributed by atoms with Crippen molar-refractivity contribution >= 4 is 11.6 Å². The molecule has 2 unspecified atom stereocenters. The van der Waals surface area contributed by atoms with E-state index in [0.717, 1.165) is 11.3 Å². The predicted octanol–water partition coefficient (Wildman–Crippen LogP) is 1.44. The molecule has 0 heterocycles. The Morgan fingerprint density at radius 3 is 2.65 bits per heavy atom. The van der Waals surface area contributed by atoms with Crippen LogP contribution in [0.5, 0.6) is 0 Å². The van der Waals surface area contributed by atoms with Crippen LogP contribution in [0.2, 0.25) is 0 Å². The standard InChI is InChI=1S/C15H25N3O2/c1-11(10-20-4)18(3)12(2)15(19)17-14-8-6-5-7-13(14)9-16/h5-8,11-12H,9-10,16H2,1-4H3,(H,17,19). The molecule has 0 saturated heterocycles. The van der Waals surface area contributed by atoms with E-state index in [1.807, 2.05) is 50.1 Å². The first-order valence-corrected chi connectivity index (χ1v) is 6.81. The second kappa shape index (κ2) is 7.99. The SMILES string of the molecule is COCC(C)N(C)C(C)C(=O)Nc1ccccc1CN. The van der Waals surface area contributed by atoms with E-state index in [1.54, 1.807) is 7.11 Å². The number of carbonyl (C=O) groups is 1. The number of nitrogens with zero attached hydrogens (tertiary/aromatic N) is 1. The van der Waals surface area contributed by atoms with Gasteiger partial charge in [0.05, 0.1) is 12.6 Å². The van der Waals surface area contributed by atoms with Crippen LogP contribution < -0.4 is 11.1 Å². The normalized spacial score (nSPS) is 14.1. The van der Waals surface area contributed by atoms with Gasteiger partial charge in [-0.05, 0) is 32.5 Å². The Morgan fingerprint density at radius 2 is 2.05 bits per heavy atom. The number of nitrogens with two attached hydrogens (primary N) is 1. The Labute approximate surface area is 121 Å². The molecule has 3 N–H and O–H groups in total. The molecular formula is C15H25N3O2. The molecule has 20 heavy (non-hydrogen) atoms. The van der Waals surface area contributed by atoms with Crippen LogP contribution in [-0.2, 0) is 16.1 Å². The summed E-state index contributed by atoms with van der Waals surface area (Å²) in [5.41, 5.74) is 7.38. The Bertz CT molecular complexity index is 437. The maximum absolute atomic E-state index is 12.3. The molecule has 112 valence electrons. The van der Waals surface area contributed by atoms with Gasteiger partial charge in [0.25, 0.3) is 0 Å². The minimum Gasteiger partial charge on any atom is -0.383 e. The number of amides is 1. The van der Waals surface area contributed by atoms with Crippen LogP contribution in [0.15, 0.2) is 24.3 Å². The fourth-order valence-corrected chi connectivity index (χ4v) is 1.98. The predicted molar refractivity (Wildman–Crippen MR) is 81.5 cm³/mol. The Hall–Kier alpha value is -1.43. The average molecular weight is 279 g/mol. The first-order chi connectivity index (χ1) is 9.51. The van der Waals surface area contributed by atoms with Gasteiger partial charge >= 0.3 is 0 Å². The smallest absolute Gasteiger partial charge is 0.241 e. The summed E-state index contributed by atoms with van der Waals surface area (Å²) in [6.07, 6.45) is 0. The summed E-state index contributed by atoms with van der Waals surface area (Å²) >= 11 is 0. The third-order valence-corrected chi connectivity index (χ3v) is 3.59. The van der Waals surface area contributed by atoms with Gasteiger partial charge in [0.15, 0.2) is 0 Å². The van der Waals surface area contributed by atoms with Crippen LogP contribution in [0, 0.1) is 0 Å². The lowest BCUT2D eigenvalue weighted by molar-refractivity contribution is -0.121. The Balaban J connectivity index is 2.70. The van der Waals surface area contributed by atoms with Crippen molar-refractivity contribution in [3.8, 4) is 0 Å². The lowest BCUT2D eigenvalue weighted by Gasteiger charge is -2.29. The minimum atomic E-state index is -0.244. The minimum absolute atomic E-state index is 0.0450. The number of rotatable bonds is 7. The molecule has 1 aromatic carbocycles. The van der Waals surface area contributed by atoms with Crippen molar-refractivity contribution in [2.45, 2.75) is 32.5 Å². The summed E-state index contributed by atoms with van der Waals surface area (Å²) in [5.74, 6) is -0.0450. The first-order valence-electron chi connectivity index (χ1n) is 6.81. The Morgan fingerprint density at radius 1 is 1.40 bits per heavy atom. The highest BCUT2D eigenvalue weighted by molar-refractivity contribution is 5.95. The number of carbonyl (C=O) groups excluding carboxylic acids is 1. The Kier molecular flexibility index (Phi) is 6.64. The maximum atomic E-state index is 12.3. The third kappa shape index (κ3) is 4.30. The molecule has 0 radical (unpaired) electrons. The van der Waals surface area contributed by atoms with E-state index < -0.39 is 0 Å². The summed E-state index contributed by atoms with van der Waals surface area (Å²) in [6, 6.07) is 7.50. The van der Waals surface area contributed by atoms with E-state index in [2.05, 4.69) is 5.32 Å². The zero-order chi connectivity index (χ0) is 15.1. The van der Waals surface area contributed by atoms with Gasteiger partial charge in [-0.1, -0.05) is 18.2 Å². The second-order valence-electron chi connectivity index (χ2n) is 5.00. The summed E-state index contributed by atoms with van der Waals surface area (Å²) < 4.78 is 5.12. The zero-order valence-electron chi connectivity index (χ0n) is 12.7. The van der Waals surface area contributed by atoms with Crippen molar-refractivity contribution < 1.29 is 9.53 Å². The summed E-state index contributed by atoms with van der Waals surface area (Å²) in [6.45, 7) is 4.90.